The number of benzene rings is 1. The van der Waals surface area contributed by atoms with E-state index < -0.39 is 0 Å². The molecule has 24 heavy (non-hydrogen) atoms. The van der Waals surface area contributed by atoms with E-state index in [0.717, 1.165) is 42.7 Å². The maximum atomic E-state index is 5.62. The van der Waals surface area contributed by atoms with Crippen LogP contribution in [0.15, 0.2) is 40.7 Å². The molecular weight excluding hydrogens is 322 g/mol. The van der Waals surface area contributed by atoms with E-state index in [9.17, 15) is 0 Å². The first kappa shape index (κ1) is 18.1. The summed E-state index contributed by atoms with van der Waals surface area (Å²) in [4.78, 5) is 5.98. The third-order valence-corrected chi connectivity index (χ3v) is 4.21. The zero-order valence-corrected chi connectivity index (χ0v) is 15.3. The third-order valence-electron chi connectivity index (χ3n) is 3.28. The lowest BCUT2D eigenvalue weighted by Crippen LogP contribution is -2.30. The minimum Gasteiger partial charge on any atom is -0.493 e. The van der Waals surface area contributed by atoms with Crippen LogP contribution in [0.5, 0.6) is 11.5 Å². The highest BCUT2D eigenvalue weighted by Gasteiger charge is 2.07. The van der Waals surface area contributed by atoms with Gasteiger partial charge in [0.25, 0.3) is 0 Å². The van der Waals surface area contributed by atoms with Gasteiger partial charge in [-0.15, -0.1) is 11.3 Å². The second kappa shape index (κ2) is 9.82. The average molecular weight is 347 g/mol. The number of guanidine groups is 1. The number of hydrogen-bond donors (Lipinski definition) is 2. The Morgan fingerprint density at radius 1 is 1.21 bits per heavy atom. The van der Waals surface area contributed by atoms with Crippen LogP contribution in [0.4, 0.5) is 5.69 Å². The molecule has 0 fully saturated rings. The lowest BCUT2D eigenvalue weighted by Gasteiger charge is -2.14. The van der Waals surface area contributed by atoms with Gasteiger partial charge in [0.15, 0.2) is 17.5 Å². The molecule has 0 saturated carbocycles. The molecule has 6 heteroatoms. The molecule has 0 atom stereocenters. The molecule has 2 aromatic rings. The van der Waals surface area contributed by atoms with Crippen LogP contribution in [-0.2, 0) is 6.42 Å². The Labute approximate surface area is 147 Å². The van der Waals surface area contributed by atoms with Gasteiger partial charge in [-0.1, -0.05) is 6.07 Å². The summed E-state index contributed by atoms with van der Waals surface area (Å²) in [5.41, 5.74) is 0.912. The maximum absolute atomic E-state index is 5.62. The van der Waals surface area contributed by atoms with Crippen molar-refractivity contribution < 1.29 is 9.47 Å². The smallest absolute Gasteiger partial charge is 0.195 e. The fraction of sp³-hybridized carbons (Fsp3) is 0.389. The van der Waals surface area contributed by atoms with Gasteiger partial charge < -0.3 is 20.1 Å². The SMILES string of the molecule is CCNC(=NCCc1cccs1)Nc1ccc(OC)c(OCC)c1. The zero-order chi connectivity index (χ0) is 17.2. The Morgan fingerprint density at radius 2 is 2.08 bits per heavy atom. The fourth-order valence-corrected chi connectivity index (χ4v) is 2.90. The van der Waals surface area contributed by atoms with Gasteiger partial charge >= 0.3 is 0 Å². The molecule has 5 nitrogen and oxygen atoms in total. The van der Waals surface area contributed by atoms with Gasteiger partial charge in [0.05, 0.1) is 13.7 Å². The molecule has 0 aliphatic heterocycles. The molecule has 2 N–H and O–H groups in total. The van der Waals surface area contributed by atoms with Crippen LogP contribution in [0.1, 0.15) is 18.7 Å². The van der Waals surface area contributed by atoms with Crippen molar-refractivity contribution in [3.8, 4) is 11.5 Å². The molecule has 0 saturated heterocycles. The largest absolute Gasteiger partial charge is 0.493 e. The number of methoxy groups -OCH3 is 1. The second-order valence-corrected chi connectivity index (χ2v) is 6.05. The van der Waals surface area contributed by atoms with E-state index in [1.807, 2.05) is 25.1 Å². The summed E-state index contributed by atoms with van der Waals surface area (Å²) in [6.45, 7) is 6.14. The van der Waals surface area contributed by atoms with Crippen LogP contribution in [0, 0.1) is 0 Å². The van der Waals surface area contributed by atoms with Crippen molar-refractivity contribution in [3.63, 3.8) is 0 Å². The highest BCUT2D eigenvalue weighted by Crippen LogP contribution is 2.30. The summed E-state index contributed by atoms with van der Waals surface area (Å²) in [5, 5.41) is 8.67. The van der Waals surface area contributed by atoms with Gasteiger partial charge in [-0.05, 0) is 37.4 Å². The van der Waals surface area contributed by atoms with Gasteiger partial charge in [-0.3, -0.25) is 4.99 Å². The van der Waals surface area contributed by atoms with Crippen LogP contribution >= 0.6 is 11.3 Å². The molecule has 1 heterocycles. The van der Waals surface area contributed by atoms with Crippen molar-refractivity contribution in [2.45, 2.75) is 20.3 Å². The van der Waals surface area contributed by atoms with E-state index in [1.54, 1.807) is 18.4 Å². The van der Waals surface area contributed by atoms with Crippen LogP contribution < -0.4 is 20.1 Å². The van der Waals surface area contributed by atoms with Crippen LogP contribution in [0.2, 0.25) is 0 Å². The van der Waals surface area contributed by atoms with Gasteiger partial charge in [-0.25, -0.2) is 0 Å². The molecule has 0 aliphatic rings. The highest BCUT2D eigenvalue weighted by atomic mass is 32.1. The Kier molecular flexibility index (Phi) is 7.42. The summed E-state index contributed by atoms with van der Waals surface area (Å²) < 4.78 is 10.9. The predicted octanol–water partition coefficient (Wildman–Crippen LogP) is 3.78. The fourth-order valence-electron chi connectivity index (χ4n) is 2.20. The Morgan fingerprint density at radius 3 is 2.75 bits per heavy atom. The zero-order valence-electron chi connectivity index (χ0n) is 14.5. The average Bonchev–Trinajstić information content (AvgIpc) is 3.09. The standard InChI is InChI=1S/C18H25N3O2S/c1-4-19-18(20-11-10-15-7-6-12-24-15)21-14-8-9-16(22-3)17(13-14)23-5-2/h6-9,12-13H,4-5,10-11H2,1-3H3,(H2,19,20,21). The van der Waals surface area contributed by atoms with Crippen molar-refractivity contribution in [2.24, 2.45) is 4.99 Å². The lowest BCUT2D eigenvalue weighted by atomic mass is 10.2. The van der Waals surface area contributed by atoms with E-state index in [4.69, 9.17) is 9.47 Å². The third kappa shape index (κ3) is 5.45. The molecule has 0 radical (unpaired) electrons. The monoisotopic (exact) mass is 347 g/mol. The number of aliphatic imine (C=N–C) groups is 1. The van der Waals surface area contributed by atoms with Crippen LogP contribution in [0.25, 0.3) is 0 Å². The van der Waals surface area contributed by atoms with Crippen molar-refractivity contribution in [2.75, 3.05) is 32.1 Å². The number of anilines is 1. The van der Waals surface area contributed by atoms with Gasteiger partial charge in [0, 0.05) is 36.1 Å². The number of ether oxygens (including phenoxy) is 2. The summed E-state index contributed by atoms with van der Waals surface area (Å²) in [7, 11) is 1.64. The topological polar surface area (TPSA) is 54.9 Å². The Hall–Kier alpha value is -2.21. The van der Waals surface area contributed by atoms with E-state index >= 15 is 0 Å². The van der Waals surface area contributed by atoms with Crippen molar-refractivity contribution in [1.29, 1.82) is 0 Å². The number of rotatable bonds is 8. The van der Waals surface area contributed by atoms with Crippen molar-refractivity contribution in [3.05, 3.63) is 40.6 Å². The molecule has 0 amide bonds. The Bertz CT molecular complexity index is 642. The summed E-state index contributed by atoms with van der Waals surface area (Å²) in [6.07, 6.45) is 0.945. The molecular formula is C18H25N3O2S. The number of nitrogens with zero attached hydrogens (tertiary/aromatic N) is 1. The lowest BCUT2D eigenvalue weighted by molar-refractivity contribution is 0.311. The first-order valence-electron chi connectivity index (χ1n) is 8.15. The number of thiophene rings is 1. The molecule has 1 aromatic carbocycles. The van der Waals surface area contributed by atoms with Crippen molar-refractivity contribution >= 4 is 23.0 Å². The molecule has 0 aliphatic carbocycles. The minimum atomic E-state index is 0.592. The van der Waals surface area contributed by atoms with Gasteiger partial charge in [0.2, 0.25) is 0 Å². The quantitative estimate of drug-likeness (QED) is 0.564. The van der Waals surface area contributed by atoms with Crippen molar-refractivity contribution in [1.82, 2.24) is 5.32 Å². The summed E-state index contributed by atoms with van der Waals surface area (Å²) >= 11 is 1.76. The van der Waals surface area contributed by atoms with Crippen LogP contribution in [-0.4, -0.2) is 32.8 Å². The first-order valence-corrected chi connectivity index (χ1v) is 9.03. The molecule has 1 aromatic heterocycles. The summed E-state index contributed by atoms with van der Waals surface area (Å²) in [6, 6.07) is 9.97. The molecule has 0 unspecified atom stereocenters. The van der Waals surface area contributed by atoms with Crippen LogP contribution in [0.3, 0.4) is 0 Å². The number of hydrogen-bond acceptors (Lipinski definition) is 4. The Balaban J connectivity index is 2.04. The van der Waals surface area contributed by atoms with E-state index in [1.165, 1.54) is 4.88 Å². The highest BCUT2D eigenvalue weighted by molar-refractivity contribution is 7.09. The van der Waals surface area contributed by atoms with Gasteiger partial charge in [0.1, 0.15) is 0 Å². The summed E-state index contributed by atoms with van der Waals surface area (Å²) in [5.74, 6) is 2.21. The van der Waals surface area contributed by atoms with E-state index in [-0.39, 0.29) is 0 Å². The number of nitrogens with one attached hydrogen (secondary N) is 2. The predicted molar refractivity (Wildman–Crippen MR) is 102 cm³/mol. The first-order chi connectivity index (χ1) is 11.8. The molecule has 0 spiro atoms. The normalized spacial score (nSPS) is 11.2. The maximum Gasteiger partial charge on any atom is 0.195 e. The molecule has 2 rings (SSSR count). The molecule has 130 valence electrons. The second-order valence-electron chi connectivity index (χ2n) is 5.01. The molecule has 0 bridgehead atoms. The van der Waals surface area contributed by atoms with Gasteiger partial charge in [-0.2, -0.15) is 0 Å². The minimum absolute atomic E-state index is 0.592. The van der Waals surface area contributed by atoms with E-state index in [0.29, 0.717) is 6.61 Å². The van der Waals surface area contributed by atoms with E-state index in [2.05, 4.69) is 40.1 Å².